The number of nitrogens with two attached hydrogens (primary N) is 1. The van der Waals surface area contributed by atoms with Crippen molar-refractivity contribution < 1.29 is 10.0 Å². The van der Waals surface area contributed by atoms with Gasteiger partial charge in [-0.2, -0.15) is 11.8 Å². The number of rotatable bonds is 4. The number of amidine groups is 1. The van der Waals surface area contributed by atoms with E-state index in [-0.39, 0.29) is 11.7 Å². The fourth-order valence-corrected chi connectivity index (χ4v) is 4.17. The Morgan fingerprint density at radius 2 is 2.33 bits per heavy atom. The van der Waals surface area contributed by atoms with E-state index >= 15 is 0 Å². The Kier molecular flexibility index (Phi) is 4.04. The van der Waals surface area contributed by atoms with Crippen molar-refractivity contribution in [1.82, 2.24) is 5.32 Å². The lowest BCUT2D eigenvalue weighted by Crippen LogP contribution is -2.57. The van der Waals surface area contributed by atoms with Crippen LogP contribution in [0.25, 0.3) is 0 Å². The minimum atomic E-state index is -0.764. The molecule has 1 aliphatic heterocycles. The largest absolute Gasteiger partial charge is 0.409 e. The van der Waals surface area contributed by atoms with Gasteiger partial charge >= 0.3 is 0 Å². The highest BCUT2D eigenvalue weighted by Gasteiger charge is 2.52. The average molecular weight is 271 g/mol. The van der Waals surface area contributed by atoms with Gasteiger partial charge in [-0.3, -0.25) is 4.79 Å². The van der Waals surface area contributed by atoms with Crippen molar-refractivity contribution in [1.29, 1.82) is 0 Å². The molecule has 2 rings (SSSR count). The molecule has 0 aromatic rings. The Morgan fingerprint density at radius 1 is 1.61 bits per heavy atom. The van der Waals surface area contributed by atoms with Crippen molar-refractivity contribution in [2.45, 2.75) is 26.2 Å². The number of thioether (sulfide) groups is 1. The Morgan fingerprint density at radius 3 is 2.83 bits per heavy atom. The molecular formula is C12H21N3O2S. The summed E-state index contributed by atoms with van der Waals surface area (Å²) < 4.78 is 0. The number of oxime groups is 1. The maximum absolute atomic E-state index is 12.3. The van der Waals surface area contributed by atoms with Gasteiger partial charge in [0.15, 0.2) is 5.84 Å². The van der Waals surface area contributed by atoms with E-state index in [1.165, 1.54) is 5.75 Å². The van der Waals surface area contributed by atoms with Crippen molar-refractivity contribution in [3.63, 3.8) is 0 Å². The zero-order valence-corrected chi connectivity index (χ0v) is 11.5. The van der Waals surface area contributed by atoms with Crippen LogP contribution in [0.1, 0.15) is 26.2 Å². The summed E-state index contributed by atoms with van der Waals surface area (Å²) in [7, 11) is 0. The molecule has 0 spiro atoms. The van der Waals surface area contributed by atoms with Gasteiger partial charge in [0.25, 0.3) is 0 Å². The van der Waals surface area contributed by atoms with Gasteiger partial charge in [0.05, 0.1) is 0 Å². The number of nitrogens with one attached hydrogen (secondary N) is 1. The van der Waals surface area contributed by atoms with E-state index in [2.05, 4.69) is 17.4 Å². The summed E-state index contributed by atoms with van der Waals surface area (Å²) in [5, 5.41) is 14.9. The first kappa shape index (κ1) is 13.5. The predicted molar refractivity (Wildman–Crippen MR) is 72.7 cm³/mol. The summed E-state index contributed by atoms with van der Waals surface area (Å²) in [4.78, 5) is 12.3. The van der Waals surface area contributed by atoms with Gasteiger partial charge in [0.2, 0.25) is 5.91 Å². The summed E-state index contributed by atoms with van der Waals surface area (Å²) in [6, 6.07) is 0. The lowest BCUT2D eigenvalue weighted by Gasteiger charge is -2.43. The summed E-state index contributed by atoms with van der Waals surface area (Å²) in [5.74, 6) is 3.31. The summed E-state index contributed by atoms with van der Waals surface area (Å²) in [5.41, 5.74) is 4.93. The van der Waals surface area contributed by atoms with Crippen LogP contribution in [0.5, 0.6) is 0 Å². The lowest BCUT2D eigenvalue weighted by atomic mass is 9.61. The molecule has 1 unspecified atom stereocenters. The van der Waals surface area contributed by atoms with Crippen LogP contribution in [-0.2, 0) is 4.79 Å². The van der Waals surface area contributed by atoms with E-state index < -0.39 is 5.41 Å². The van der Waals surface area contributed by atoms with Gasteiger partial charge in [0, 0.05) is 6.54 Å². The van der Waals surface area contributed by atoms with Crippen LogP contribution < -0.4 is 11.1 Å². The Hall–Kier alpha value is -0.910. The quantitative estimate of drug-likeness (QED) is 0.308. The van der Waals surface area contributed by atoms with Crippen molar-refractivity contribution >= 4 is 23.5 Å². The molecule has 0 aromatic carbocycles. The highest BCUT2D eigenvalue weighted by molar-refractivity contribution is 7.99. The molecule has 18 heavy (non-hydrogen) atoms. The third kappa shape index (κ3) is 2.43. The third-order valence-corrected chi connectivity index (χ3v) is 5.23. The molecule has 2 aliphatic rings. The summed E-state index contributed by atoms with van der Waals surface area (Å²) >= 11 is 1.93. The lowest BCUT2D eigenvalue weighted by molar-refractivity contribution is -0.133. The zero-order chi connectivity index (χ0) is 13.2. The first-order chi connectivity index (χ1) is 8.58. The summed E-state index contributed by atoms with van der Waals surface area (Å²) in [6.07, 6.45) is 2.51. The van der Waals surface area contributed by atoms with E-state index in [1.807, 2.05) is 11.8 Å². The number of amides is 1. The molecule has 2 fully saturated rings. The van der Waals surface area contributed by atoms with Crippen LogP contribution in [0, 0.1) is 17.3 Å². The first-order valence-corrected chi connectivity index (χ1v) is 7.58. The number of carbonyl (C=O) groups is 1. The van der Waals surface area contributed by atoms with Crippen molar-refractivity contribution in [3.8, 4) is 0 Å². The monoisotopic (exact) mass is 271 g/mol. The molecule has 1 aliphatic carbocycles. The SMILES string of the molecule is CC1CC(C(=O)NCC2CCSC2)(C(N)=NO)C1. The zero-order valence-electron chi connectivity index (χ0n) is 10.7. The molecule has 6 heteroatoms. The maximum atomic E-state index is 12.3. The highest BCUT2D eigenvalue weighted by atomic mass is 32.2. The molecule has 1 saturated heterocycles. The van der Waals surface area contributed by atoms with Crippen LogP contribution in [0.15, 0.2) is 5.16 Å². The molecule has 1 saturated carbocycles. The van der Waals surface area contributed by atoms with Crippen LogP contribution in [0.4, 0.5) is 0 Å². The van der Waals surface area contributed by atoms with Crippen LogP contribution >= 0.6 is 11.8 Å². The number of hydrogen-bond donors (Lipinski definition) is 3. The Labute approximate surface area is 112 Å². The highest BCUT2D eigenvalue weighted by Crippen LogP contribution is 2.45. The topological polar surface area (TPSA) is 87.7 Å². The fourth-order valence-electron chi connectivity index (χ4n) is 2.89. The molecule has 4 N–H and O–H groups in total. The molecular weight excluding hydrogens is 250 g/mol. The molecule has 5 nitrogen and oxygen atoms in total. The third-order valence-electron chi connectivity index (χ3n) is 4.00. The second-order valence-electron chi connectivity index (χ2n) is 5.52. The standard InChI is InChI=1S/C12H21N3O2S/c1-8-4-12(5-8,10(13)15-17)11(16)14-6-9-2-3-18-7-9/h8-9,17H,2-7H2,1H3,(H2,13,15)(H,14,16). The van der Waals surface area contributed by atoms with Crippen molar-refractivity contribution in [2.75, 3.05) is 18.1 Å². The van der Waals surface area contributed by atoms with Crippen molar-refractivity contribution in [2.24, 2.45) is 28.1 Å². The molecule has 1 atom stereocenters. The Bertz CT molecular complexity index is 347. The fraction of sp³-hybridized carbons (Fsp3) is 0.833. The second-order valence-corrected chi connectivity index (χ2v) is 6.67. The first-order valence-electron chi connectivity index (χ1n) is 6.42. The predicted octanol–water partition coefficient (Wildman–Crippen LogP) is 1.02. The maximum Gasteiger partial charge on any atom is 0.233 e. The average Bonchev–Trinajstić information content (AvgIpc) is 2.83. The van der Waals surface area contributed by atoms with E-state index in [0.29, 0.717) is 31.2 Å². The van der Waals surface area contributed by atoms with E-state index in [1.54, 1.807) is 0 Å². The van der Waals surface area contributed by atoms with E-state index in [0.717, 1.165) is 12.2 Å². The minimum Gasteiger partial charge on any atom is -0.409 e. The molecule has 0 aromatic heterocycles. The molecule has 1 heterocycles. The molecule has 1 amide bonds. The molecule has 102 valence electrons. The number of hydrogen-bond acceptors (Lipinski definition) is 4. The summed E-state index contributed by atoms with van der Waals surface area (Å²) in [6.45, 7) is 2.78. The second kappa shape index (κ2) is 5.38. The Balaban J connectivity index is 1.92. The number of carbonyl (C=O) groups excluding carboxylic acids is 1. The van der Waals surface area contributed by atoms with Crippen LogP contribution in [0.2, 0.25) is 0 Å². The van der Waals surface area contributed by atoms with Crippen molar-refractivity contribution in [3.05, 3.63) is 0 Å². The van der Waals surface area contributed by atoms with Gasteiger partial charge in [-0.1, -0.05) is 12.1 Å². The van der Waals surface area contributed by atoms with Gasteiger partial charge < -0.3 is 16.3 Å². The van der Waals surface area contributed by atoms with Crippen LogP contribution in [-0.4, -0.2) is 35.0 Å². The van der Waals surface area contributed by atoms with Gasteiger partial charge in [-0.25, -0.2) is 0 Å². The van der Waals surface area contributed by atoms with Gasteiger partial charge in [0.1, 0.15) is 5.41 Å². The van der Waals surface area contributed by atoms with Crippen LogP contribution in [0.3, 0.4) is 0 Å². The molecule has 0 radical (unpaired) electrons. The number of nitrogens with zero attached hydrogens (tertiary/aromatic N) is 1. The van der Waals surface area contributed by atoms with E-state index in [4.69, 9.17) is 10.9 Å². The molecule has 0 bridgehead atoms. The van der Waals surface area contributed by atoms with Gasteiger partial charge in [-0.05, 0) is 42.6 Å². The minimum absolute atomic E-state index is 0.0545. The van der Waals surface area contributed by atoms with Gasteiger partial charge in [-0.15, -0.1) is 0 Å². The van der Waals surface area contributed by atoms with E-state index in [9.17, 15) is 4.79 Å². The normalized spacial score (nSPS) is 36.2. The smallest absolute Gasteiger partial charge is 0.233 e.